The first-order valence-electron chi connectivity index (χ1n) is 26.8. The van der Waals surface area contributed by atoms with E-state index in [1.807, 2.05) is 26.0 Å². The van der Waals surface area contributed by atoms with E-state index in [-0.39, 0.29) is 39.4 Å². The number of hydrogen-bond acceptors (Lipinski definition) is 26. The molecule has 4 atom stereocenters. The SMILES string of the molecule is Cc1cccc(O)c1C.O=C(O)C1=CCC(=S)C=C1.O=C(O)CCC(=S)C(C(=S)CCC(=O)O)(C(=S)CCC(=O)O)C(CO)(CO)COC(=O)C1=CCC(=S)C=C1.O=C(S)COC(CC(=O)S)(CC(=O)S)[C@](CC(=O)S)(OCC(=O)S)[C@](O)(CC(=O)S)[C@H](O)[C@H](O)CO. The van der Waals surface area contributed by atoms with Crippen LogP contribution in [0.15, 0.2) is 65.8 Å². The summed E-state index contributed by atoms with van der Waals surface area (Å²) < 4.78 is 16.6. The Morgan fingerprint density at radius 3 is 1.30 bits per heavy atom. The summed E-state index contributed by atoms with van der Waals surface area (Å²) in [7, 11) is 0. The first-order chi connectivity index (χ1) is 43.1. The molecule has 0 fully saturated rings. The third-order valence-electron chi connectivity index (χ3n) is 13.9. The van der Waals surface area contributed by atoms with Gasteiger partial charge >= 0.3 is 29.8 Å². The van der Waals surface area contributed by atoms with Crippen LogP contribution >= 0.6 is 137 Å². The maximum atomic E-state index is 12.8. The summed E-state index contributed by atoms with van der Waals surface area (Å²) in [6, 6.07) is 5.52. The number of carbonyl (C=O) groups is 11. The van der Waals surface area contributed by atoms with E-state index in [1.54, 1.807) is 24.3 Å². The zero-order valence-electron chi connectivity index (χ0n) is 49.4. The van der Waals surface area contributed by atoms with Crippen molar-refractivity contribution in [2.75, 3.05) is 39.6 Å². The lowest BCUT2D eigenvalue weighted by atomic mass is 9.56. The molecule has 0 amide bonds. The van der Waals surface area contributed by atoms with Crippen molar-refractivity contribution in [1.82, 2.24) is 0 Å². The average Bonchev–Trinajstić information content (AvgIpc) is 0.724. The van der Waals surface area contributed by atoms with Crippen molar-refractivity contribution in [3.05, 3.63) is 76.9 Å². The van der Waals surface area contributed by atoms with E-state index in [2.05, 4.69) is 75.8 Å². The van der Waals surface area contributed by atoms with Crippen LogP contribution in [0.2, 0.25) is 0 Å². The van der Waals surface area contributed by atoms with Crippen LogP contribution in [0.5, 0.6) is 5.75 Å². The van der Waals surface area contributed by atoms with Gasteiger partial charge in [0.05, 0.1) is 54.6 Å². The van der Waals surface area contributed by atoms with Crippen LogP contribution in [-0.2, 0) is 67.0 Å². The Morgan fingerprint density at radius 2 is 0.978 bits per heavy atom. The number of esters is 1. The van der Waals surface area contributed by atoms with Crippen LogP contribution in [0.1, 0.15) is 88.2 Å². The summed E-state index contributed by atoms with van der Waals surface area (Å²) in [5, 5.41) is 102. The summed E-state index contributed by atoms with van der Waals surface area (Å²) >= 11 is 48.2. The minimum Gasteiger partial charge on any atom is -0.508 e. The Hall–Kier alpha value is -4.42. The van der Waals surface area contributed by atoms with Gasteiger partial charge in [-0.05, 0) is 74.6 Å². The Kier molecular flexibility index (Phi) is 40.3. The largest absolute Gasteiger partial charge is 0.508 e. The number of carboxylic acid groups (broad SMARTS) is 4. The van der Waals surface area contributed by atoms with Gasteiger partial charge in [0.2, 0.25) is 10.2 Å². The molecule has 93 heavy (non-hydrogen) atoms. The van der Waals surface area contributed by atoms with Gasteiger partial charge < -0.3 is 70.4 Å². The molecule has 0 radical (unpaired) electrons. The molecule has 0 unspecified atom stereocenters. The number of aromatic hydroxyl groups is 1. The van der Waals surface area contributed by atoms with Crippen LogP contribution < -0.4 is 0 Å². The fraction of sp³-hybridized carbons (Fsp3) is 0.474. The van der Waals surface area contributed by atoms with Gasteiger partial charge in [-0.25, -0.2) is 9.59 Å². The zero-order valence-corrected chi connectivity index (χ0v) is 58.9. The Balaban J connectivity index is 0.00000141. The van der Waals surface area contributed by atoms with Crippen molar-refractivity contribution >= 4 is 222 Å². The molecule has 2 aliphatic carbocycles. The van der Waals surface area contributed by atoms with E-state index in [1.165, 1.54) is 18.2 Å². The maximum Gasteiger partial charge on any atom is 0.337 e. The summed E-state index contributed by atoms with van der Waals surface area (Å²) in [6.45, 7) is -1.98. The van der Waals surface area contributed by atoms with Crippen molar-refractivity contribution < 1.29 is 123 Å². The molecular formula is C57H70O25S11. The van der Waals surface area contributed by atoms with Crippen molar-refractivity contribution in [3.63, 3.8) is 0 Å². The minimum atomic E-state index is -3.26. The number of aryl methyl sites for hydroxylation is 1. The van der Waals surface area contributed by atoms with Gasteiger partial charge in [-0.15, -0.1) is 75.8 Å². The highest BCUT2D eigenvalue weighted by Crippen LogP contribution is 2.52. The molecule has 514 valence electrons. The van der Waals surface area contributed by atoms with Gasteiger partial charge in [0, 0.05) is 69.3 Å². The van der Waals surface area contributed by atoms with E-state index in [0.717, 1.165) is 16.0 Å². The molecule has 25 nitrogen and oxygen atoms in total. The predicted octanol–water partition coefficient (Wildman–Crippen LogP) is 4.02. The predicted molar refractivity (Wildman–Crippen MR) is 376 cm³/mol. The third kappa shape index (κ3) is 27.2. The molecule has 11 N–H and O–H groups in total. The number of hydrogen-bond donors (Lipinski definition) is 17. The van der Waals surface area contributed by atoms with E-state index in [9.17, 15) is 98.7 Å². The highest BCUT2D eigenvalue weighted by atomic mass is 32.1. The normalized spacial score (nSPS) is 14.7. The first kappa shape index (κ1) is 88.6. The fourth-order valence-electron chi connectivity index (χ4n) is 9.26. The second-order valence-electron chi connectivity index (χ2n) is 20.3. The van der Waals surface area contributed by atoms with E-state index in [0.29, 0.717) is 29.0 Å². The molecule has 3 rings (SSSR count). The van der Waals surface area contributed by atoms with Crippen molar-refractivity contribution in [3.8, 4) is 5.75 Å². The van der Waals surface area contributed by atoms with E-state index >= 15 is 0 Å². The number of carbonyl (C=O) groups excluding carboxylic acids is 7. The molecule has 0 aromatic heterocycles. The van der Waals surface area contributed by atoms with E-state index < -0.39 is 185 Å². The van der Waals surface area contributed by atoms with Gasteiger partial charge in [0.15, 0.2) is 20.5 Å². The molecule has 1 aromatic rings. The number of ether oxygens (including phenoxy) is 3. The molecule has 0 aliphatic heterocycles. The number of benzene rings is 1. The highest BCUT2D eigenvalue weighted by Gasteiger charge is 2.70. The summed E-state index contributed by atoms with van der Waals surface area (Å²) in [4.78, 5) is 130. The number of aliphatic hydroxyl groups is 6. The van der Waals surface area contributed by atoms with Gasteiger partial charge in [-0.1, -0.05) is 85.4 Å². The molecular weight excluding hydrogens is 1440 g/mol. The molecule has 0 saturated heterocycles. The lowest BCUT2D eigenvalue weighted by Crippen LogP contribution is -2.76. The molecule has 2 aliphatic rings. The number of aliphatic carboxylic acids is 4. The second kappa shape index (κ2) is 42.3. The Morgan fingerprint density at radius 1 is 0.570 bits per heavy atom. The molecule has 36 heteroatoms. The lowest BCUT2D eigenvalue weighted by molar-refractivity contribution is -0.306. The third-order valence-corrected chi connectivity index (χ3v) is 16.9. The van der Waals surface area contributed by atoms with E-state index in [4.69, 9.17) is 85.5 Å². The second-order valence-corrected chi connectivity index (χ2v) is 25.8. The molecule has 0 bridgehead atoms. The van der Waals surface area contributed by atoms with Crippen LogP contribution in [-0.4, -0.2) is 210 Å². The fourth-order valence-corrected chi connectivity index (χ4v) is 12.6. The molecule has 1 aromatic carbocycles. The Labute approximate surface area is 593 Å². The lowest BCUT2D eigenvalue weighted by Gasteiger charge is -2.57. The van der Waals surface area contributed by atoms with Crippen molar-refractivity contribution in [2.24, 2.45) is 10.8 Å². The summed E-state index contributed by atoms with van der Waals surface area (Å²) in [5.74, 6) is -5.02. The quantitative estimate of drug-likeness (QED) is 0.0252. The number of thiocarbonyl (C=S) groups is 5. The van der Waals surface area contributed by atoms with Gasteiger partial charge in [-0.2, -0.15) is 0 Å². The van der Waals surface area contributed by atoms with Gasteiger partial charge in [-0.3, -0.25) is 43.2 Å². The number of allylic oxidation sites excluding steroid dienone is 4. The zero-order chi connectivity index (χ0) is 72.0. The van der Waals surface area contributed by atoms with Crippen LogP contribution in [0.25, 0.3) is 0 Å². The summed E-state index contributed by atoms with van der Waals surface area (Å²) in [6.07, 6.45) is -1.68. The average molecular weight is 1510 g/mol. The Bertz CT molecular complexity index is 3030. The minimum absolute atomic E-state index is 0.146. The maximum absolute atomic E-state index is 12.8. The monoisotopic (exact) mass is 1510 g/mol. The standard InChI is InChI=1S/C24H28O10S4.C18H26O12S6.C8H10O.C7H6O2S/c25-11-23(12-26,13-34-22(33)14-1-3-15(35)4-2-14)24(16(36)5-8-19(27)28,17(37)6-9-20(29)30)18(38)7-10-21(31)32;19-5-8(20)15(27)17(28,3-11(23)33)18(4-12(24)34,30-7-14(26)36)16(1-9(21)31,2-10(22)32)29-6-13(25)35;1-6-4-3-5-8(9)7(6)2;8-7(9)5-1-3-6(10)4-2-5/h1-3,25-26H,4-13H2,(H,27,28)(H,29,30)(H,31,32);8,15,19-20,27-28H,1-7H2,(H,21,31)(H,22,32)(H,23,33)(H,24,34)(H,25,35)(H,26,36);3-5,9H,1-2H3;1-3H,4H2,(H,8,9)/t;8-,15-,17+,18+;;/m.1../s1. The van der Waals surface area contributed by atoms with Gasteiger partial charge in [0.25, 0.3) is 0 Å². The number of thiol groups is 6. The number of aliphatic hydroxyl groups excluding tert-OH is 5. The molecule has 0 saturated carbocycles. The molecule has 0 spiro atoms. The smallest absolute Gasteiger partial charge is 0.337 e. The van der Waals surface area contributed by atoms with Gasteiger partial charge in [0.1, 0.15) is 54.6 Å². The summed E-state index contributed by atoms with van der Waals surface area (Å²) in [5.41, 5.74) is -10.4. The highest BCUT2D eigenvalue weighted by molar-refractivity contribution is 7.97. The number of phenolic OH excluding ortho intramolecular Hbond substituents is 1. The van der Waals surface area contributed by atoms with Crippen LogP contribution in [0.3, 0.4) is 0 Å². The van der Waals surface area contributed by atoms with Crippen LogP contribution in [0, 0.1) is 24.7 Å². The number of carboxylic acids is 4. The van der Waals surface area contributed by atoms with Crippen molar-refractivity contribution in [2.45, 2.75) is 120 Å². The topological polar surface area (TPSA) is 438 Å². The van der Waals surface area contributed by atoms with Crippen molar-refractivity contribution in [1.29, 1.82) is 0 Å². The number of phenols is 1. The first-order valence-corrected chi connectivity index (χ1v) is 31.5. The van der Waals surface area contributed by atoms with Crippen LogP contribution in [0.4, 0.5) is 0 Å². The number of rotatable bonds is 38. The molecule has 0 heterocycles.